The third-order valence-corrected chi connectivity index (χ3v) is 7.58. The van der Waals surface area contributed by atoms with E-state index < -0.39 is 31.0 Å². The predicted molar refractivity (Wildman–Crippen MR) is 144 cm³/mol. The Hall–Kier alpha value is -0.280. The molecule has 0 aromatic carbocycles. The van der Waals surface area contributed by atoms with Gasteiger partial charge in [-0.15, -0.1) is 0 Å². The van der Waals surface area contributed by atoms with Gasteiger partial charge in [0.2, 0.25) is 0 Å². The maximum atomic E-state index is 10.3. The highest BCUT2D eigenvalue weighted by molar-refractivity contribution is 4.85. The van der Waals surface area contributed by atoms with E-state index in [2.05, 4.69) is 13.8 Å². The average molecular weight is 519 g/mol. The molecular formula is C29H58O7. The van der Waals surface area contributed by atoms with Crippen LogP contribution < -0.4 is 0 Å². The molecular weight excluding hydrogens is 460 g/mol. The van der Waals surface area contributed by atoms with E-state index in [9.17, 15) is 20.4 Å². The zero-order chi connectivity index (χ0) is 26.6. The molecule has 0 aromatic heterocycles. The smallest absolute Gasteiger partial charge is 0.111 e. The van der Waals surface area contributed by atoms with E-state index in [1.807, 2.05) is 0 Å². The highest BCUT2D eigenvalue weighted by atomic mass is 16.6. The van der Waals surface area contributed by atoms with Gasteiger partial charge in [0.25, 0.3) is 0 Å². The van der Waals surface area contributed by atoms with Gasteiger partial charge in [-0.3, -0.25) is 0 Å². The van der Waals surface area contributed by atoms with Crippen molar-refractivity contribution in [2.24, 2.45) is 5.92 Å². The number of hydrogen-bond acceptors (Lipinski definition) is 7. The maximum Gasteiger partial charge on any atom is 0.111 e. The maximum absolute atomic E-state index is 10.3. The summed E-state index contributed by atoms with van der Waals surface area (Å²) in [5.41, 5.74) is 0. The van der Waals surface area contributed by atoms with Gasteiger partial charge in [-0.05, 0) is 12.3 Å². The van der Waals surface area contributed by atoms with Crippen LogP contribution in [-0.4, -0.2) is 82.0 Å². The molecule has 1 fully saturated rings. The van der Waals surface area contributed by atoms with E-state index in [0.717, 1.165) is 6.42 Å². The third kappa shape index (κ3) is 15.9. The van der Waals surface area contributed by atoms with Crippen molar-refractivity contribution in [2.45, 2.75) is 160 Å². The van der Waals surface area contributed by atoms with Crippen molar-refractivity contribution < 1.29 is 35.0 Å². The minimum atomic E-state index is -1.63. The van der Waals surface area contributed by atoms with E-state index in [4.69, 9.17) is 14.6 Å². The summed E-state index contributed by atoms with van der Waals surface area (Å²) in [4.78, 5) is 0. The molecule has 1 saturated heterocycles. The fourth-order valence-electron chi connectivity index (χ4n) is 4.97. The minimum absolute atomic E-state index is 0.0212. The Labute approximate surface area is 220 Å². The summed E-state index contributed by atoms with van der Waals surface area (Å²) < 4.78 is 11.5. The Morgan fingerprint density at radius 1 is 0.694 bits per heavy atom. The van der Waals surface area contributed by atoms with E-state index in [1.165, 1.54) is 103 Å². The molecule has 0 aromatic rings. The second kappa shape index (κ2) is 21.6. The lowest BCUT2D eigenvalue weighted by atomic mass is 9.88. The molecule has 1 aliphatic rings. The first-order valence-electron chi connectivity index (χ1n) is 15.0. The molecule has 7 atom stereocenters. The second-order valence-electron chi connectivity index (χ2n) is 11.0. The Bertz CT molecular complexity index is 488. The molecule has 1 heterocycles. The van der Waals surface area contributed by atoms with Crippen LogP contribution in [0.2, 0.25) is 0 Å². The molecule has 0 spiro atoms. The lowest BCUT2D eigenvalue weighted by Gasteiger charge is -2.28. The first-order valence-corrected chi connectivity index (χ1v) is 15.0. The van der Waals surface area contributed by atoms with Crippen molar-refractivity contribution >= 4 is 0 Å². The SMILES string of the molecule is CCCCCCCCCCC(CCCCCCCC)CC(OC[C@@H](O)[C@@H](O)[C@H](O)[C@H](O)CO)C1CO1. The fourth-order valence-corrected chi connectivity index (χ4v) is 4.97. The van der Waals surface area contributed by atoms with Crippen LogP contribution in [0.1, 0.15) is 123 Å². The predicted octanol–water partition coefficient (Wildman–Crippen LogP) is 4.49. The summed E-state index contributed by atoms with van der Waals surface area (Å²) in [7, 11) is 0. The van der Waals surface area contributed by atoms with Crippen molar-refractivity contribution in [3.05, 3.63) is 0 Å². The molecule has 0 radical (unpaired) electrons. The molecule has 0 bridgehead atoms. The lowest BCUT2D eigenvalue weighted by molar-refractivity contribution is -0.137. The number of aliphatic hydroxyl groups excluding tert-OH is 5. The molecule has 36 heavy (non-hydrogen) atoms. The van der Waals surface area contributed by atoms with Crippen molar-refractivity contribution in [2.75, 3.05) is 19.8 Å². The van der Waals surface area contributed by atoms with Crippen molar-refractivity contribution in [3.63, 3.8) is 0 Å². The number of rotatable bonds is 26. The molecule has 7 heteroatoms. The summed E-state index contributed by atoms with van der Waals surface area (Å²) in [5.74, 6) is 0.550. The van der Waals surface area contributed by atoms with Gasteiger partial charge in [-0.1, -0.05) is 117 Å². The normalized spacial score (nSPS) is 20.6. The minimum Gasteiger partial charge on any atom is -0.394 e. The quantitative estimate of drug-likeness (QED) is 0.0844. The van der Waals surface area contributed by atoms with Crippen LogP contribution in [0.3, 0.4) is 0 Å². The summed E-state index contributed by atoms with van der Waals surface area (Å²) in [6.45, 7) is 4.30. The largest absolute Gasteiger partial charge is 0.394 e. The van der Waals surface area contributed by atoms with Crippen LogP contribution in [0.4, 0.5) is 0 Å². The summed E-state index contributed by atoms with van der Waals surface area (Å²) in [6, 6.07) is 0. The Kier molecular flexibility index (Phi) is 20.3. The van der Waals surface area contributed by atoms with E-state index in [-0.39, 0.29) is 18.8 Å². The zero-order valence-corrected chi connectivity index (χ0v) is 23.2. The van der Waals surface area contributed by atoms with Gasteiger partial charge < -0.3 is 35.0 Å². The Morgan fingerprint density at radius 2 is 1.14 bits per heavy atom. The van der Waals surface area contributed by atoms with Crippen molar-refractivity contribution in [3.8, 4) is 0 Å². The molecule has 1 aliphatic heterocycles. The molecule has 3 unspecified atom stereocenters. The molecule has 5 N–H and O–H groups in total. The van der Waals surface area contributed by atoms with Gasteiger partial charge in [-0.2, -0.15) is 0 Å². The molecule has 0 saturated carbocycles. The first kappa shape index (κ1) is 33.7. The van der Waals surface area contributed by atoms with Gasteiger partial charge >= 0.3 is 0 Å². The van der Waals surface area contributed by atoms with Gasteiger partial charge in [0, 0.05) is 0 Å². The van der Waals surface area contributed by atoms with Crippen LogP contribution in [-0.2, 0) is 9.47 Å². The van der Waals surface area contributed by atoms with E-state index >= 15 is 0 Å². The summed E-state index contributed by atoms with van der Waals surface area (Å²) >= 11 is 0. The van der Waals surface area contributed by atoms with Crippen molar-refractivity contribution in [1.29, 1.82) is 0 Å². The second-order valence-corrected chi connectivity index (χ2v) is 11.0. The van der Waals surface area contributed by atoms with Crippen LogP contribution in [0.15, 0.2) is 0 Å². The number of ether oxygens (including phenoxy) is 2. The lowest BCUT2D eigenvalue weighted by Crippen LogP contribution is -2.47. The number of epoxide rings is 1. The first-order chi connectivity index (χ1) is 17.4. The average Bonchev–Trinajstić information content (AvgIpc) is 3.73. The van der Waals surface area contributed by atoms with Crippen molar-refractivity contribution in [1.82, 2.24) is 0 Å². The molecule has 7 nitrogen and oxygen atoms in total. The van der Waals surface area contributed by atoms with Gasteiger partial charge in [-0.25, -0.2) is 0 Å². The van der Waals surface area contributed by atoms with Crippen LogP contribution in [0.25, 0.3) is 0 Å². The highest BCUT2D eigenvalue weighted by Gasteiger charge is 2.37. The number of hydrogen-bond donors (Lipinski definition) is 5. The Morgan fingerprint density at radius 3 is 1.58 bits per heavy atom. The van der Waals surface area contributed by atoms with Gasteiger partial charge in [0.15, 0.2) is 0 Å². The van der Waals surface area contributed by atoms with E-state index in [0.29, 0.717) is 12.5 Å². The topological polar surface area (TPSA) is 123 Å². The summed E-state index contributed by atoms with van der Waals surface area (Å²) in [6.07, 6.45) is 15.2. The molecule has 0 aliphatic carbocycles. The van der Waals surface area contributed by atoms with Gasteiger partial charge in [0.05, 0.1) is 25.9 Å². The standard InChI is InChI=1S/C29H58O7/c1-3-5-7-9-11-12-14-16-18-23(17-15-13-10-8-6-4-2)19-26(27-22-36-27)35-21-25(32)29(34)28(33)24(31)20-30/h23-34H,3-22H2,1-2H3/t23?,24-,25-,26?,27?,28-,29-/m1/s1. The molecule has 0 amide bonds. The van der Waals surface area contributed by atoms with Gasteiger partial charge in [0.1, 0.15) is 30.5 Å². The molecule has 216 valence electrons. The van der Waals surface area contributed by atoms with Crippen LogP contribution in [0.5, 0.6) is 0 Å². The Balaban J connectivity index is 2.50. The van der Waals surface area contributed by atoms with E-state index in [1.54, 1.807) is 0 Å². The fraction of sp³-hybridized carbons (Fsp3) is 1.00. The summed E-state index contributed by atoms with van der Waals surface area (Å²) in [5, 5.41) is 48.7. The van der Waals surface area contributed by atoms with Crippen LogP contribution >= 0.6 is 0 Å². The monoisotopic (exact) mass is 518 g/mol. The zero-order valence-electron chi connectivity index (χ0n) is 23.2. The molecule has 1 rings (SSSR count). The number of unbranched alkanes of at least 4 members (excludes halogenated alkanes) is 12. The third-order valence-electron chi connectivity index (χ3n) is 7.58. The highest BCUT2D eigenvalue weighted by Crippen LogP contribution is 2.29. The van der Waals surface area contributed by atoms with Crippen LogP contribution in [0, 0.1) is 5.92 Å². The number of aliphatic hydroxyl groups is 5.